The van der Waals surface area contributed by atoms with Gasteiger partial charge in [-0.15, -0.1) is 10.2 Å². The summed E-state index contributed by atoms with van der Waals surface area (Å²) in [4.78, 5) is 4.07. The fourth-order valence-electron chi connectivity index (χ4n) is 1.87. The van der Waals surface area contributed by atoms with Crippen molar-refractivity contribution in [3.05, 3.63) is 40.7 Å². The Kier molecular flexibility index (Phi) is 4.70. The molecule has 0 bridgehead atoms. The lowest BCUT2D eigenvalue weighted by Gasteiger charge is -2.18. The zero-order valence-electron chi connectivity index (χ0n) is 11.3. The minimum Gasteiger partial charge on any atom is -0.480 e. The number of pyridine rings is 1. The Morgan fingerprint density at radius 1 is 1.40 bits per heavy atom. The largest absolute Gasteiger partial charge is 0.480 e. The minimum atomic E-state index is -0.218. The molecule has 20 heavy (non-hydrogen) atoms. The second-order valence-electron chi connectivity index (χ2n) is 4.12. The van der Waals surface area contributed by atoms with Crippen LogP contribution in [0.3, 0.4) is 0 Å². The fourth-order valence-corrected chi connectivity index (χ4v) is 2.03. The molecule has 0 amide bonds. The number of nitrogens with one attached hydrogen (secondary N) is 1. The van der Waals surface area contributed by atoms with Gasteiger partial charge in [-0.25, -0.2) is 4.98 Å². The summed E-state index contributed by atoms with van der Waals surface area (Å²) in [6.07, 6.45) is 1.52. The number of nitrogens with two attached hydrogens (primary N) is 1. The SMILES string of the molecule is CCNC(c1ccc(OC)nn1)c1cc(Cl)cnc1N. The van der Waals surface area contributed by atoms with Gasteiger partial charge >= 0.3 is 0 Å². The van der Waals surface area contributed by atoms with Gasteiger partial charge in [0.05, 0.1) is 23.9 Å². The maximum atomic E-state index is 5.99. The molecule has 7 heteroatoms. The number of methoxy groups -OCH3 is 1. The zero-order valence-corrected chi connectivity index (χ0v) is 12.1. The van der Waals surface area contributed by atoms with Crippen molar-refractivity contribution in [2.24, 2.45) is 0 Å². The van der Waals surface area contributed by atoms with Crippen molar-refractivity contribution < 1.29 is 4.74 Å². The Bertz CT molecular complexity index is 575. The monoisotopic (exact) mass is 293 g/mol. The highest BCUT2D eigenvalue weighted by Gasteiger charge is 2.19. The summed E-state index contributed by atoms with van der Waals surface area (Å²) in [6.45, 7) is 2.74. The maximum Gasteiger partial charge on any atom is 0.233 e. The standard InChI is InChI=1S/C13H16ClN5O/c1-3-16-12(9-6-8(14)7-17-13(9)15)10-4-5-11(20-2)19-18-10/h4-7,12,16H,3H2,1-2H3,(H2,15,17). The second-order valence-corrected chi connectivity index (χ2v) is 4.56. The number of rotatable bonds is 5. The first-order valence-corrected chi connectivity index (χ1v) is 6.55. The number of halogens is 1. The molecule has 0 spiro atoms. The molecule has 6 nitrogen and oxygen atoms in total. The van der Waals surface area contributed by atoms with E-state index in [1.54, 1.807) is 19.2 Å². The van der Waals surface area contributed by atoms with E-state index in [1.165, 1.54) is 6.20 Å². The van der Waals surface area contributed by atoms with Crippen molar-refractivity contribution in [1.82, 2.24) is 20.5 Å². The van der Waals surface area contributed by atoms with E-state index in [9.17, 15) is 0 Å². The van der Waals surface area contributed by atoms with Crippen LogP contribution in [0.4, 0.5) is 5.82 Å². The fraction of sp³-hybridized carbons (Fsp3) is 0.308. The molecule has 1 unspecified atom stereocenters. The maximum absolute atomic E-state index is 5.99. The summed E-state index contributed by atoms with van der Waals surface area (Å²) in [6, 6.07) is 5.15. The van der Waals surface area contributed by atoms with Crippen LogP contribution in [-0.4, -0.2) is 28.8 Å². The van der Waals surface area contributed by atoms with Crippen molar-refractivity contribution in [2.75, 3.05) is 19.4 Å². The molecule has 0 aliphatic carbocycles. The lowest BCUT2D eigenvalue weighted by atomic mass is 10.0. The first kappa shape index (κ1) is 14.5. The molecule has 1 atom stereocenters. The molecule has 0 fully saturated rings. The summed E-state index contributed by atoms with van der Waals surface area (Å²) in [7, 11) is 1.55. The quantitative estimate of drug-likeness (QED) is 0.874. The van der Waals surface area contributed by atoms with E-state index in [4.69, 9.17) is 22.1 Å². The van der Waals surface area contributed by atoms with E-state index >= 15 is 0 Å². The molecule has 106 valence electrons. The number of nitrogens with zero attached hydrogens (tertiary/aromatic N) is 3. The van der Waals surface area contributed by atoms with Crippen LogP contribution in [0.2, 0.25) is 5.02 Å². The summed E-state index contributed by atoms with van der Waals surface area (Å²) < 4.78 is 5.01. The smallest absolute Gasteiger partial charge is 0.233 e. The molecular weight excluding hydrogens is 278 g/mol. The van der Waals surface area contributed by atoms with Gasteiger partial charge in [-0.3, -0.25) is 0 Å². The average molecular weight is 294 g/mol. The van der Waals surface area contributed by atoms with Crippen LogP contribution >= 0.6 is 11.6 Å². The Labute approximate surface area is 122 Å². The first-order valence-electron chi connectivity index (χ1n) is 6.17. The highest BCUT2D eigenvalue weighted by atomic mass is 35.5. The predicted octanol–water partition coefficient (Wildman–Crippen LogP) is 1.81. The van der Waals surface area contributed by atoms with E-state index in [1.807, 2.05) is 13.0 Å². The summed E-state index contributed by atoms with van der Waals surface area (Å²) in [5.41, 5.74) is 7.43. The topological polar surface area (TPSA) is 86.0 Å². The third-order valence-electron chi connectivity index (χ3n) is 2.80. The molecule has 0 aliphatic heterocycles. The number of nitrogen functional groups attached to an aromatic ring is 1. The molecule has 2 heterocycles. The van der Waals surface area contributed by atoms with Gasteiger partial charge < -0.3 is 15.8 Å². The van der Waals surface area contributed by atoms with Gasteiger partial charge in [0, 0.05) is 17.8 Å². The van der Waals surface area contributed by atoms with E-state index < -0.39 is 0 Å². The van der Waals surface area contributed by atoms with E-state index in [0.717, 1.165) is 17.8 Å². The van der Waals surface area contributed by atoms with Crippen LogP contribution in [0.15, 0.2) is 24.4 Å². The molecule has 0 radical (unpaired) electrons. The van der Waals surface area contributed by atoms with Crippen LogP contribution in [-0.2, 0) is 0 Å². The summed E-state index contributed by atoms with van der Waals surface area (Å²) >= 11 is 5.99. The number of ether oxygens (including phenoxy) is 1. The molecule has 0 saturated carbocycles. The Morgan fingerprint density at radius 3 is 2.80 bits per heavy atom. The van der Waals surface area contributed by atoms with Crippen molar-refractivity contribution in [2.45, 2.75) is 13.0 Å². The van der Waals surface area contributed by atoms with Crippen molar-refractivity contribution in [1.29, 1.82) is 0 Å². The minimum absolute atomic E-state index is 0.218. The van der Waals surface area contributed by atoms with Crippen LogP contribution < -0.4 is 15.8 Å². The molecule has 3 N–H and O–H groups in total. The van der Waals surface area contributed by atoms with Crippen molar-refractivity contribution in [3.63, 3.8) is 0 Å². The average Bonchev–Trinajstić information content (AvgIpc) is 2.48. The molecule has 2 rings (SSSR count). The van der Waals surface area contributed by atoms with E-state index in [2.05, 4.69) is 20.5 Å². The van der Waals surface area contributed by atoms with Crippen LogP contribution in [0.25, 0.3) is 0 Å². The second kappa shape index (κ2) is 6.49. The highest BCUT2D eigenvalue weighted by Crippen LogP contribution is 2.26. The van der Waals surface area contributed by atoms with Crippen molar-refractivity contribution >= 4 is 17.4 Å². The third-order valence-corrected chi connectivity index (χ3v) is 3.01. The Balaban J connectivity index is 2.41. The summed E-state index contributed by atoms with van der Waals surface area (Å²) in [5, 5.41) is 11.9. The van der Waals surface area contributed by atoms with E-state index in [0.29, 0.717) is 16.7 Å². The lowest BCUT2D eigenvalue weighted by Crippen LogP contribution is -2.24. The number of aromatic nitrogens is 3. The van der Waals surface area contributed by atoms with Crippen LogP contribution in [0, 0.1) is 0 Å². The molecule has 2 aromatic rings. The molecule has 0 saturated heterocycles. The van der Waals surface area contributed by atoms with Crippen LogP contribution in [0.1, 0.15) is 24.2 Å². The highest BCUT2D eigenvalue weighted by molar-refractivity contribution is 6.30. The normalized spacial score (nSPS) is 12.2. The lowest BCUT2D eigenvalue weighted by molar-refractivity contribution is 0.390. The van der Waals surface area contributed by atoms with Gasteiger partial charge in [0.2, 0.25) is 5.88 Å². The third kappa shape index (κ3) is 3.15. The van der Waals surface area contributed by atoms with Gasteiger partial charge in [-0.1, -0.05) is 18.5 Å². The predicted molar refractivity (Wildman–Crippen MR) is 77.8 cm³/mol. The molecule has 2 aromatic heterocycles. The van der Waals surface area contributed by atoms with Gasteiger partial charge in [0.25, 0.3) is 0 Å². The number of hydrogen-bond acceptors (Lipinski definition) is 6. The summed E-state index contributed by atoms with van der Waals surface area (Å²) in [5.74, 6) is 0.874. The van der Waals surface area contributed by atoms with Gasteiger partial charge in [-0.05, 0) is 18.7 Å². The zero-order chi connectivity index (χ0) is 14.5. The first-order chi connectivity index (χ1) is 9.65. The van der Waals surface area contributed by atoms with Gasteiger partial charge in [0.15, 0.2) is 0 Å². The van der Waals surface area contributed by atoms with Gasteiger partial charge in [-0.2, -0.15) is 0 Å². The Morgan fingerprint density at radius 2 is 2.20 bits per heavy atom. The van der Waals surface area contributed by atoms with Crippen molar-refractivity contribution in [3.8, 4) is 5.88 Å². The van der Waals surface area contributed by atoms with E-state index in [-0.39, 0.29) is 6.04 Å². The number of hydrogen-bond donors (Lipinski definition) is 2. The molecule has 0 aliphatic rings. The Hall–Kier alpha value is -1.92. The molecule has 0 aromatic carbocycles. The van der Waals surface area contributed by atoms with Gasteiger partial charge in [0.1, 0.15) is 5.82 Å². The molecular formula is C13H16ClN5O. The number of anilines is 1. The van der Waals surface area contributed by atoms with Crippen LogP contribution in [0.5, 0.6) is 5.88 Å².